The molecule has 1 spiro atoms. The first kappa shape index (κ1) is 16.9. The van der Waals surface area contributed by atoms with E-state index in [4.69, 9.17) is 16.3 Å². The molecule has 1 unspecified atom stereocenters. The van der Waals surface area contributed by atoms with Crippen molar-refractivity contribution < 1.29 is 14.3 Å². The van der Waals surface area contributed by atoms with Crippen molar-refractivity contribution in [3.8, 4) is 5.75 Å². The lowest BCUT2D eigenvalue weighted by atomic mass is 9.78. The van der Waals surface area contributed by atoms with Crippen molar-refractivity contribution >= 4 is 23.5 Å². The molecule has 3 amide bonds. The Morgan fingerprint density at radius 2 is 1.81 bits per heavy atom. The third-order valence-corrected chi connectivity index (χ3v) is 5.40. The van der Waals surface area contributed by atoms with Gasteiger partial charge in [-0.25, -0.2) is 4.79 Å². The molecule has 0 bridgehead atoms. The van der Waals surface area contributed by atoms with Crippen molar-refractivity contribution in [3.63, 3.8) is 0 Å². The minimum absolute atomic E-state index is 0.167. The molecule has 1 fully saturated rings. The quantitative estimate of drug-likeness (QED) is 0.841. The second kappa shape index (κ2) is 6.65. The number of hydrogen-bond acceptors (Lipinski definition) is 3. The highest BCUT2D eigenvalue weighted by Gasteiger charge is 2.52. The van der Waals surface area contributed by atoms with Gasteiger partial charge in [-0.05, 0) is 36.1 Å². The summed E-state index contributed by atoms with van der Waals surface area (Å²) < 4.78 is 5.62. The van der Waals surface area contributed by atoms with E-state index in [1.165, 1.54) is 10.5 Å². The van der Waals surface area contributed by atoms with Crippen LogP contribution in [-0.2, 0) is 17.6 Å². The van der Waals surface area contributed by atoms with Crippen molar-refractivity contribution in [2.24, 2.45) is 0 Å². The maximum atomic E-state index is 13.0. The number of nitrogens with zero attached hydrogens (tertiary/aromatic N) is 1. The van der Waals surface area contributed by atoms with Gasteiger partial charge in [0.1, 0.15) is 17.9 Å². The number of benzene rings is 2. The van der Waals surface area contributed by atoms with E-state index in [-0.39, 0.29) is 25.1 Å². The fourth-order valence-electron chi connectivity index (χ4n) is 3.71. The number of carbonyl (C=O) groups is 2. The van der Waals surface area contributed by atoms with E-state index in [9.17, 15) is 9.59 Å². The molecule has 5 nitrogen and oxygen atoms in total. The SMILES string of the molecule is O=C1NC2(CCc3ccccc3C2)C(=O)N1CCOc1ccccc1Cl. The number of urea groups is 1. The monoisotopic (exact) mass is 370 g/mol. The predicted octanol–water partition coefficient (Wildman–Crippen LogP) is 3.20. The molecule has 2 aromatic rings. The largest absolute Gasteiger partial charge is 0.490 e. The Morgan fingerprint density at radius 3 is 2.62 bits per heavy atom. The van der Waals surface area contributed by atoms with E-state index >= 15 is 0 Å². The van der Waals surface area contributed by atoms with Crippen LogP contribution >= 0.6 is 11.6 Å². The molecule has 0 aromatic heterocycles. The lowest BCUT2D eigenvalue weighted by molar-refractivity contribution is -0.132. The van der Waals surface area contributed by atoms with Crippen LogP contribution in [0.15, 0.2) is 48.5 Å². The van der Waals surface area contributed by atoms with Crippen LogP contribution in [0.2, 0.25) is 5.02 Å². The molecular weight excluding hydrogens is 352 g/mol. The lowest BCUT2D eigenvalue weighted by Gasteiger charge is -2.32. The minimum atomic E-state index is -0.824. The normalized spacial score (nSPS) is 21.7. The Kier molecular flexibility index (Phi) is 4.32. The second-order valence-corrected chi connectivity index (χ2v) is 7.10. The Morgan fingerprint density at radius 1 is 1.08 bits per heavy atom. The van der Waals surface area contributed by atoms with Gasteiger partial charge < -0.3 is 10.1 Å². The number of hydrogen-bond donors (Lipinski definition) is 1. The number of ether oxygens (including phenoxy) is 1. The summed E-state index contributed by atoms with van der Waals surface area (Å²) in [6.07, 6.45) is 1.94. The van der Waals surface area contributed by atoms with Crippen LogP contribution in [0.3, 0.4) is 0 Å². The van der Waals surface area contributed by atoms with E-state index in [1.54, 1.807) is 12.1 Å². The number of fused-ring (bicyclic) bond motifs is 1. The average Bonchev–Trinajstić information content (AvgIpc) is 2.87. The number of para-hydroxylation sites is 1. The zero-order valence-electron chi connectivity index (χ0n) is 14.2. The van der Waals surface area contributed by atoms with Crippen molar-refractivity contribution in [2.45, 2.75) is 24.8 Å². The molecule has 2 aromatic carbocycles. The molecule has 2 aliphatic rings. The summed E-state index contributed by atoms with van der Waals surface area (Å²) in [5, 5.41) is 3.43. The summed E-state index contributed by atoms with van der Waals surface area (Å²) in [7, 11) is 0. The van der Waals surface area contributed by atoms with Crippen LogP contribution in [0.1, 0.15) is 17.5 Å². The van der Waals surface area contributed by atoms with E-state index in [1.807, 2.05) is 30.3 Å². The summed E-state index contributed by atoms with van der Waals surface area (Å²) in [6.45, 7) is 0.398. The Balaban J connectivity index is 1.44. The molecule has 1 saturated heterocycles. The first-order chi connectivity index (χ1) is 12.6. The Hall–Kier alpha value is -2.53. The van der Waals surface area contributed by atoms with Crippen LogP contribution in [0.25, 0.3) is 0 Å². The topological polar surface area (TPSA) is 58.6 Å². The molecule has 1 heterocycles. The summed E-state index contributed by atoms with van der Waals surface area (Å²) >= 11 is 6.06. The van der Waals surface area contributed by atoms with Crippen molar-refractivity contribution in [1.29, 1.82) is 0 Å². The molecule has 134 valence electrons. The number of halogens is 1. The lowest BCUT2D eigenvalue weighted by Crippen LogP contribution is -2.51. The minimum Gasteiger partial charge on any atom is -0.490 e. The summed E-state index contributed by atoms with van der Waals surface area (Å²) in [6, 6.07) is 14.9. The smallest absolute Gasteiger partial charge is 0.325 e. The van der Waals surface area contributed by atoms with Gasteiger partial charge in [-0.15, -0.1) is 0 Å². The van der Waals surface area contributed by atoms with Gasteiger partial charge >= 0.3 is 6.03 Å². The van der Waals surface area contributed by atoms with Crippen LogP contribution in [0.5, 0.6) is 5.75 Å². The fourth-order valence-corrected chi connectivity index (χ4v) is 3.90. The van der Waals surface area contributed by atoms with Gasteiger partial charge in [0.2, 0.25) is 0 Å². The van der Waals surface area contributed by atoms with Crippen LogP contribution < -0.4 is 10.1 Å². The maximum Gasteiger partial charge on any atom is 0.325 e. The van der Waals surface area contributed by atoms with Gasteiger partial charge in [-0.3, -0.25) is 9.69 Å². The highest BCUT2D eigenvalue weighted by atomic mass is 35.5. The van der Waals surface area contributed by atoms with Crippen molar-refractivity contribution in [3.05, 3.63) is 64.7 Å². The Labute approximate surface area is 156 Å². The molecule has 1 aliphatic heterocycles. The number of amides is 3. The van der Waals surface area contributed by atoms with Crippen LogP contribution in [0, 0.1) is 0 Å². The van der Waals surface area contributed by atoms with Gasteiger partial charge in [-0.1, -0.05) is 48.0 Å². The molecule has 4 rings (SSSR count). The van der Waals surface area contributed by atoms with Gasteiger partial charge in [0, 0.05) is 6.42 Å². The van der Waals surface area contributed by atoms with Crippen LogP contribution in [-0.4, -0.2) is 35.5 Å². The number of imide groups is 1. The van der Waals surface area contributed by atoms with Gasteiger partial charge in [0.05, 0.1) is 11.6 Å². The van der Waals surface area contributed by atoms with Gasteiger partial charge in [-0.2, -0.15) is 0 Å². The maximum absolute atomic E-state index is 13.0. The number of rotatable bonds is 4. The zero-order chi connectivity index (χ0) is 18.1. The van der Waals surface area contributed by atoms with E-state index in [0.29, 0.717) is 23.6 Å². The van der Waals surface area contributed by atoms with Gasteiger partial charge in [0.15, 0.2) is 0 Å². The molecular formula is C20H19ClN2O3. The number of aryl methyl sites for hydroxylation is 1. The first-order valence-corrected chi connectivity index (χ1v) is 9.05. The van der Waals surface area contributed by atoms with E-state index < -0.39 is 5.54 Å². The first-order valence-electron chi connectivity index (χ1n) is 8.67. The highest BCUT2D eigenvalue weighted by molar-refractivity contribution is 6.32. The third kappa shape index (κ3) is 2.92. The fraction of sp³-hybridized carbons (Fsp3) is 0.300. The standard InChI is InChI=1S/C20H19ClN2O3/c21-16-7-3-4-8-17(16)26-12-11-23-18(24)20(22-19(23)25)10-9-14-5-1-2-6-15(14)13-20/h1-8H,9-13H2,(H,22,25). The molecule has 6 heteroatoms. The number of carbonyl (C=O) groups excluding carboxylic acids is 2. The summed E-state index contributed by atoms with van der Waals surface area (Å²) in [4.78, 5) is 26.6. The molecule has 0 radical (unpaired) electrons. The molecule has 26 heavy (non-hydrogen) atoms. The molecule has 1 atom stereocenters. The predicted molar refractivity (Wildman–Crippen MR) is 98.4 cm³/mol. The van der Waals surface area contributed by atoms with E-state index in [0.717, 1.165) is 12.0 Å². The Bertz CT molecular complexity index is 870. The van der Waals surface area contributed by atoms with Crippen molar-refractivity contribution in [1.82, 2.24) is 10.2 Å². The highest BCUT2D eigenvalue weighted by Crippen LogP contribution is 2.33. The molecule has 0 saturated carbocycles. The van der Waals surface area contributed by atoms with Gasteiger partial charge in [0.25, 0.3) is 5.91 Å². The third-order valence-electron chi connectivity index (χ3n) is 5.09. The van der Waals surface area contributed by atoms with Crippen molar-refractivity contribution in [2.75, 3.05) is 13.2 Å². The van der Waals surface area contributed by atoms with E-state index in [2.05, 4.69) is 11.4 Å². The molecule has 1 aliphatic carbocycles. The molecule has 1 N–H and O–H groups in total. The second-order valence-electron chi connectivity index (χ2n) is 6.69. The zero-order valence-corrected chi connectivity index (χ0v) is 15.0. The van der Waals surface area contributed by atoms with Crippen LogP contribution in [0.4, 0.5) is 4.79 Å². The summed E-state index contributed by atoms with van der Waals surface area (Å²) in [5.41, 5.74) is 1.55. The summed E-state index contributed by atoms with van der Waals surface area (Å²) in [5.74, 6) is 0.377. The number of nitrogens with one attached hydrogen (secondary N) is 1. The average molecular weight is 371 g/mol.